The molecular formula is C16H11ClN4OS2. The summed E-state index contributed by atoms with van der Waals surface area (Å²) in [4.78, 5) is 13.0. The Labute approximate surface area is 150 Å². The van der Waals surface area contributed by atoms with Gasteiger partial charge in [0.2, 0.25) is 5.16 Å². The van der Waals surface area contributed by atoms with Gasteiger partial charge in [-0.1, -0.05) is 41.6 Å². The summed E-state index contributed by atoms with van der Waals surface area (Å²) >= 11 is 9.09. The van der Waals surface area contributed by atoms with Gasteiger partial charge in [0.05, 0.1) is 4.88 Å². The molecule has 5 nitrogen and oxygen atoms in total. The van der Waals surface area contributed by atoms with Crippen molar-refractivity contribution in [3.05, 3.63) is 68.8 Å². The fourth-order valence-corrected chi connectivity index (χ4v) is 4.05. The Morgan fingerprint density at radius 2 is 2.17 bits per heavy atom. The van der Waals surface area contributed by atoms with Crippen molar-refractivity contribution in [1.82, 2.24) is 19.8 Å². The van der Waals surface area contributed by atoms with E-state index in [-0.39, 0.29) is 5.56 Å². The van der Waals surface area contributed by atoms with E-state index < -0.39 is 0 Å². The number of hydrogen-bond acceptors (Lipinski definition) is 5. The Morgan fingerprint density at radius 1 is 1.25 bits per heavy atom. The summed E-state index contributed by atoms with van der Waals surface area (Å²) in [6.07, 6.45) is 0. The van der Waals surface area contributed by atoms with Gasteiger partial charge in [0.25, 0.3) is 5.56 Å². The number of hydrogen-bond donors (Lipinski definition) is 1. The van der Waals surface area contributed by atoms with Crippen LogP contribution in [0.4, 0.5) is 0 Å². The van der Waals surface area contributed by atoms with Gasteiger partial charge in [-0.25, -0.2) is 9.61 Å². The lowest BCUT2D eigenvalue weighted by atomic mass is 10.2. The van der Waals surface area contributed by atoms with Crippen LogP contribution in [0.3, 0.4) is 0 Å². The molecule has 0 aliphatic rings. The molecule has 0 bridgehead atoms. The van der Waals surface area contributed by atoms with Crippen molar-refractivity contribution in [1.29, 1.82) is 0 Å². The van der Waals surface area contributed by atoms with Gasteiger partial charge >= 0.3 is 0 Å². The van der Waals surface area contributed by atoms with E-state index in [1.165, 1.54) is 11.8 Å². The molecule has 0 spiro atoms. The molecule has 1 aromatic carbocycles. The van der Waals surface area contributed by atoms with Gasteiger partial charge in [0.15, 0.2) is 0 Å². The number of rotatable bonds is 4. The first-order valence-corrected chi connectivity index (χ1v) is 9.34. The summed E-state index contributed by atoms with van der Waals surface area (Å²) in [6, 6.07) is 13.4. The van der Waals surface area contributed by atoms with E-state index in [2.05, 4.69) is 15.3 Å². The van der Waals surface area contributed by atoms with Crippen LogP contribution in [-0.2, 0) is 5.75 Å². The molecule has 4 aromatic rings. The lowest BCUT2D eigenvalue weighted by Crippen LogP contribution is -2.13. The summed E-state index contributed by atoms with van der Waals surface area (Å²) in [5.41, 5.74) is 2.09. The SMILES string of the molecule is O=c1[nH]nc(SCc2cccc(Cl)c2)n2nc(-c3cccs3)cc12. The van der Waals surface area contributed by atoms with E-state index in [4.69, 9.17) is 11.6 Å². The van der Waals surface area contributed by atoms with Crippen molar-refractivity contribution in [3.63, 3.8) is 0 Å². The molecule has 3 heterocycles. The predicted molar refractivity (Wildman–Crippen MR) is 97.9 cm³/mol. The third-order valence-electron chi connectivity index (χ3n) is 3.41. The number of fused-ring (bicyclic) bond motifs is 1. The highest BCUT2D eigenvalue weighted by Gasteiger charge is 2.13. The molecule has 1 N–H and O–H groups in total. The van der Waals surface area contributed by atoms with E-state index >= 15 is 0 Å². The molecule has 0 amide bonds. The van der Waals surface area contributed by atoms with E-state index in [9.17, 15) is 4.79 Å². The molecule has 0 unspecified atom stereocenters. The van der Waals surface area contributed by atoms with Crippen molar-refractivity contribution in [2.24, 2.45) is 0 Å². The quantitative estimate of drug-likeness (QED) is 0.546. The maximum Gasteiger partial charge on any atom is 0.290 e. The second-order valence-corrected chi connectivity index (χ2v) is 7.38. The topological polar surface area (TPSA) is 63.0 Å². The Balaban J connectivity index is 1.70. The van der Waals surface area contributed by atoms with Crippen molar-refractivity contribution in [2.45, 2.75) is 10.9 Å². The first-order chi connectivity index (χ1) is 11.7. The highest BCUT2D eigenvalue weighted by atomic mass is 35.5. The largest absolute Gasteiger partial charge is 0.290 e. The molecule has 8 heteroatoms. The molecular weight excluding hydrogens is 364 g/mol. The summed E-state index contributed by atoms with van der Waals surface area (Å²) in [6.45, 7) is 0. The third-order valence-corrected chi connectivity index (χ3v) is 5.53. The minimum absolute atomic E-state index is 0.252. The lowest BCUT2D eigenvalue weighted by molar-refractivity contribution is 0.728. The Bertz CT molecular complexity index is 1060. The number of thioether (sulfide) groups is 1. The minimum atomic E-state index is -0.252. The van der Waals surface area contributed by atoms with Crippen molar-refractivity contribution < 1.29 is 0 Å². The van der Waals surface area contributed by atoms with Crippen molar-refractivity contribution in [2.75, 3.05) is 0 Å². The van der Waals surface area contributed by atoms with Crippen LogP contribution in [0.15, 0.2) is 57.8 Å². The average molecular weight is 375 g/mol. The molecule has 0 aliphatic heterocycles. The van der Waals surface area contributed by atoms with Crippen LogP contribution in [0.1, 0.15) is 5.56 Å². The highest BCUT2D eigenvalue weighted by Crippen LogP contribution is 2.26. The molecule has 0 saturated heterocycles. The maximum atomic E-state index is 12.0. The van der Waals surface area contributed by atoms with Crippen LogP contribution in [0, 0.1) is 0 Å². The van der Waals surface area contributed by atoms with Gasteiger partial charge < -0.3 is 0 Å². The predicted octanol–water partition coefficient (Wildman–Crippen LogP) is 4.09. The Hall–Kier alpha value is -2.09. The molecule has 0 atom stereocenters. The fourth-order valence-electron chi connectivity index (χ4n) is 2.30. The van der Waals surface area contributed by atoms with Crippen LogP contribution in [0.2, 0.25) is 5.02 Å². The van der Waals surface area contributed by atoms with Crippen LogP contribution in [0.5, 0.6) is 0 Å². The number of nitrogens with zero attached hydrogens (tertiary/aromatic N) is 3. The molecule has 120 valence electrons. The van der Waals surface area contributed by atoms with Crippen LogP contribution < -0.4 is 5.56 Å². The van der Waals surface area contributed by atoms with E-state index in [0.29, 0.717) is 21.4 Å². The average Bonchev–Trinajstić information content (AvgIpc) is 3.24. The van der Waals surface area contributed by atoms with E-state index in [0.717, 1.165) is 16.1 Å². The summed E-state index contributed by atoms with van der Waals surface area (Å²) < 4.78 is 1.60. The number of thiophene rings is 1. The molecule has 0 fully saturated rings. The molecule has 0 saturated carbocycles. The maximum absolute atomic E-state index is 12.0. The summed E-state index contributed by atoms with van der Waals surface area (Å²) in [7, 11) is 0. The van der Waals surface area contributed by atoms with E-state index in [1.807, 2.05) is 41.8 Å². The Morgan fingerprint density at radius 3 is 2.96 bits per heavy atom. The monoisotopic (exact) mass is 374 g/mol. The lowest BCUT2D eigenvalue weighted by Gasteiger charge is -2.03. The summed E-state index contributed by atoms with van der Waals surface area (Å²) in [5.74, 6) is 0.683. The van der Waals surface area contributed by atoms with Crippen molar-refractivity contribution in [3.8, 4) is 10.6 Å². The number of H-pyrrole nitrogens is 1. The number of aromatic amines is 1. The van der Waals surface area contributed by atoms with E-state index in [1.54, 1.807) is 21.9 Å². The highest BCUT2D eigenvalue weighted by molar-refractivity contribution is 7.98. The normalized spacial score (nSPS) is 11.2. The van der Waals surface area contributed by atoms with Gasteiger partial charge in [0, 0.05) is 10.8 Å². The first kappa shape index (κ1) is 15.4. The van der Waals surface area contributed by atoms with Crippen molar-refractivity contribution >= 4 is 40.2 Å². The molecule has 0 aliphatic carbocycles. The van der Waals surface area contributed by atoms with Gasteiger partial charge in [-0.2, -0.15) is 5.10 Å². The van der Waals surface area contributed by atoms with Gasteiger partial charge in [-0.15, -0.1) is 16.4 Å². The number of nitrogens with one attached hydrogen (secondary N) is 1. The summed E-state index contributed by atoms with van der Waals surface area (Å²) in [5, 5.41) is 14.5. The zero-order valence-corrected chi connectivity index (χ0v) is 14.7. The fraction of sp³-hybridized carbons (Fsp3) is 0.0625. The van der Waals surface area contributed by atoms with Crippen LogP contribution in [-0.4, -0.2) is 19.8 Å². The number of aromatic nitrogens is 4. The second-order valence-electron chi connectivity index (χ2n) is 5.06. The smallest absolute Gasteiger partial charge is 0.266 e. The van der Waals surface area contributed by atoms with Crippen LogP contribution >= 0.6 is 34.7 Å². The molecule has 4 rings (SSSR count). The van der Waals surface area contributed by atoms with Gasteiger partial charge in [-0.05, 0) is 35.2 Å². The minimum Gasteiger partial charge on any atom is -0.266 e. The van der Waals surface area contributed by atoms with Crippen LogP contribution in [0.25, 0.3) is 16.1 Å². The zero-order valence-electron chi connectivity index (χ0n) is 12.3. The zero-order chi connectivity index (χ0) is 16.5. The third kappa shape index (κ3) is 2.98. The molecule has 24 heavy (non-hydrogen) atoms. The number of benzene rings is 1. The van der Waals surface area contributed by atoms with Gasteiger partial charge in [0.1, 0.15) is 11.2 Å². The Kier molecular flexibility index (Phi) is 4.13. The first-order valence-electron chi connectivity index (χ1n) is 7.10. The van der Waals surface area contributed by atoms with Gasteiger partial charge in [-0.3, -0.25) is 4.79 Å². The second kappa shape index (κ2) is 6.43. The molecule has 3 aromatic heterocycles. The molecule has 0 radical (unpaired) electrons. The number of halogens is 1. The standard InChI is InChI=1S/C16H11ClN4OS2/c17-11-4-1-3-10(7-11)9-24-16-19-18-15(22)13-8-12(20-21(13)16)14-5-2-6-23-14/h1-8H,9H2,(H,18,22).